The van der Waals surface area contributed by atoms with Gasteiger partial charge in [-0.3, -0.25) is 4.79 Å². The molecule has 0 unspecified atom stereocenters. The summed E-state index contributed by atoms with van der Waals surface area (Å²) in [5.74, 6) is -0.210. The molecular formula is C22H21N3OS. The average molecular weight is 375 g/mol. The van der Waals surface area contributed by atoms with Gasteiger partial charge in [0.2, 0.25) is 0 Å². The maximum absolute atomic E-state index is 12.7. The maximum Gasteiger partial charge on any atom is 0.279 e. The number of fused-ring (bicyclic) bond motifs is 3. The molecule has 136 valence electrons. The average Bonchev–Trinajstić information content (AvgIpc) is 3.05. The van der Waals surface area contributed by atoms with Crippen molar-refractivity contribution in [2.75, 3.05) is 19.0 Å². The van der Waals surface area contributed by atoms with E-state index in [0.29, 0.717) is 5.56 Å². The van der Waals surface area contributed by atoms with Crippen molar-refractivity contribution in [3.05, 3.63) is 71.0 Å². The first-order valence-corrected chi connectivity index (χ1v) is 9.77. The van der Waals surface area contributed by atoms with E-state index in [1.165, 1.54) is 15.5 Å². The molecule has 27 heavy (non-hydrogen) atoms. The zero-order chi connectivity index (χ0) is 19.0. The molecule has 0 radical (unpaired) electrons. The molecule has 1 aromatic heterocycles. The molecule has 3 aromatic carbocycles. The van der Waals surface area contributed by atoms with Gasteiger partial charge in [0, 0.05) is 37.3 Å². The largest absolute Gasteiger partial charge is 0.378 e. The van der Waals surface area contributed by atoms with Crippen molar-refractivity contribution in [1.29, 1.82) is 0 Å². The summed E-state index contributed by atoms with van der Waals surface area (Å²) >= 11 is 1.58. The van der Waals surface area contributed by atoms with E-state index < -0.39 is 0 Å². The summed E-state index contributed by atoms with van der Waals surface area (Å²) in [5.41, 5.74) is 2.78. The number of rotatable bonds is 3. The quantitative estimate of drug-likeness (QED) is 0.521. The zero-order valence-corrected chi connectivity index (χ0v) is 16.5. The Morgan fingerprint density at radius 3 is 2.48 bits per heavy atom. The van der Waals surface area contributed by atoms with Gasteiger partial charge in [0.15, 0.2) is 4.80 Å². The van der Waals surface area contributed by atoms with Crippen LogP contribution in [0.15, 0.2) is 65.7 Å². The third kappa shape index (κ3) is 3.15. The first-order chi connectivity index (χ1) is 13.1. The number of anilines is 1. The highest BCUT2D eigenvalue weighted by atomic mass is 32.1. The normalized spacial score (nSPS) is 12.0. The van der Waals surface area contributed by atoms with E-state index in [2.05, 4.69) is 40.7 Å². The van der Waals surface area contributed by atoms with Crippen molar-refractivity contribution in [2.24, 2.45) is 4.99 Å². The van der Waals surface area contributed by atoms with Crippen LogP contribution in [0.3, 0.4) is 0 Å². The number of hydrogen-bond donors (Lipinski definition) is 0. The summed E-state index contributed by atoms with van der Waals surface area (Å²) in [7, 11) is 3.96. The van der Waals surface area contributed by atoms with Crippen molar-refractivity contribution in [3.63, 3.8) is 0 Å². The van der Waals surface area contributed by atoms with Gasteiger partial charge >= 0.3 is 0 Å². The van der Waals surface area contributed by atoms with Crippen LogP contribution in [0.2, 0.25) is 0 Å². The lowest BCUT2D eigenvalue weighted by Crippen LogP contribution is -2.16. The maximum atomic E-state index is 12.7. The molecule has 1 amide bonds. The lowest BCUT2D eigenvalue weighted by Gasteiger charge is -2.11. The second-order valence-corrected chi connectivity index (χ2v) is 7.60. The molecule has 0 saturated carbocycles. The van der Waals surface area contributed by atoms with Crippen LogP contribution >= 0.6 is 11.3 Å². The van der Waals surface area contributed by atoms with Crippen molar-refractivity contribution >= 4 is 43.9 Å². The molecule has 0 N–H and O–H groups in total. The molecule has 0 fully saturated rings. The molecule has 4 nitrogen and oxygen atoms in total. The first kappa shape index (κ1) is 17.5. The molecular weight excluding hydrogens is 354 g/mol. The standard InChI is InChI=1S/C22H21N3OS/c1-4-25-19-14-11-15-7-5-6-8-18(15)20(19)27-22(25)23-21(26)16-9-12-17(13-10-16)24(2)3/h5-14H,4H2,1-3H3. The van der Waals surface area contributed by atoms with Gasteiger partial charge in [-0.2, -0.15) is 4.99 Å². The van der Waals surface area contributed by atoms with E-state index in [-0.39, 0.29) is 5.91 Å². The number of amides is 1. The predicted octanol–water partition coefficient (Wildman–Crippen LogP) is 4.68. The minimum absolute atomic E-state index is 0.210. The number of aryl methyl sites for hydroxylation is 1. The molecule has 1 heterocycles. The Bertz CT molecular complexity index is 1200. The molecule has 0 spiro atoms. The highest BCUT2D eigenvalue weighted by Gasteiger charge is 2.11. The predicted molar refractivity (Wildman–Crippen MR) is 114 cm³/mol. The van der Waals surface area contributed by atoms with Gasteiger partial charge in [-0.1, -0.05) is 41.7 Å². The number of aromatic nitrogens is 1. The van der Waals surface area contributed by atoms with Gasteiger partial charge in [-0.25, -0.2) is 0 Å². The lowest BCUT2D eigenvalue weighted by atomic mass is 10.1. The molecule has 4 rings (SSSR count). The summed E-state index contributed by atoms with van der Waals surface area (Å²) in [6.45, 7) is 2.85. The van der Waals surface area contributed by atoms with Gasteiger partial charge in [-0.05, 0) is 42.6 Å². The molecule has 0 bridgehead atoms. The molecule has 0 saturated heterocycles. The van der Waals surface area contributed by atoms with Crippen molar-refractivity contribution in [1.82, 2.24) is 4.57 Å². The summed E-state index contributed by atoms with van der Waals surface area (Å²) < 4.78 is 3.28. The highest BCUT2D eigenvalue weighted by Crippen LogP contribution is 2.27. The Morgan fingerprint density at radius 2 is 1.78 bits per heavy atom. The van der Waals surface area contributed by atoms with Crippen LogP contribution in [-0.2, 0) is 6.54 Å². The Balaban J connectivity index is 1.84. The monoisotopic (exact) mass is 375 g/mol. The number of nitrogens with zero attached hydrogens (tertiary/aromatic N) is 3. The highest BCUT2D eigenvalue weighted by molar-refractivity contribution is 7.17. The van der Waals surface area contributed by atoms with Crippen LogP contribution in [-0.4, -0.2) is 24.6 Å². The minimum atomic E-state index is -0.210. The molecule has 4 aromatic rings. The zero-order valence-electron chi connectivity index (χ0n) is 15.6. The SMILES string of the molecule is CCn1c(=NC(=O)c2ccc(N(C)C)cc2)sc2c3ccccc3ccc21. The molecule has 5 heteroatoms. The van der Waals surface area contributed by atoms with Crippen molar-refractivity contribution in [3.8, 4) is 0 Å². The molecule has 0 atom stereocenters. The number of benzene rings is 3. The van der Waals surface area contributed by atoms with Crippen LogP contribution < -0.4 is 9.70 Å². The summed E-state index contributed by atoms with van der Waals surface area (Å²) in [4.78, 5) is 19.9. The summed E-state index contributed by atoms with van der Waals surface area (Å²) in [5, 5.41) is 2.40. The van der Waals surface area contributed by atoms with Gasteiger partial charge in [0.1, 0.15) is 0 Å². The van der Waals surface area contributed by atoms with Gasteiger partial charge in [0.25, 0.3) is 5.91 Å². The van der Waals surface area contributed by atoms with Crippen LogP contribution in [0, 0.1) is 0 Å². The number of hydrogen-bond acceptors (Lipinski definition) is 3. The fourth-order valence-electron chi connectivity index (χ4n) is 3.24. The topological polar surface area (TPSA) is 37.6 Å². The Labute approximate surface area is 162 Å². The van der Waals surface area contributed by atoms with E-state index in [4.69, 9.17) is 0 Å². The number of thiazole rings is 1. The van der Waals surface area contributed by atoms with Gasteiger partial charge < -0.3 is 9.47 Å². The molecule has 0 aliphatic heterocycles. The summed E-state index contributed by atoms with van der Waals surface area (Å²) in [6.07, 6.45) is 0. The number of carbonyl (C=O) groups excluding carboxylic acids is 1. The van der Waals surface area contributed by atoms with E-state index >= 15 is 0 Å². The van der Waals surface area contributed by atoms with Crippen LogP contribution in [0.4, 0.5) is 5.69 Å². The Hall–Kier alpha value is -2.92. The number of carbonyl (C=O) groups is 1. The Kier molecular flexibility index (Phi) is 4.54. The Morgan fingerprint density at radius 1 is 1.04 bits per heavy atom. The smallest absolute Gasteiger partial charge is 0.279 e. The van der Waals surface area contributed by atoms with Crippen LogP contribution in [0.25, 0.3) is 21.0 Å². The fraction of sp³-hybridized carbons (Fsp3) is 0.182. The van der Waals surface area contributed by atoms with Crippen LogP contribution in [0.1, 0.15) is 17.3 Å². The van der Waals surface area contributed by atoms with Crippen LogP contribution in [0.5, 0.6) is 0 Å². The second kappa shape index (κ2) is 7.00. The van der Waals surface area contributed by atoms with Gasteiger partial charge in [-0.15, -0.1) is 0 Å². The van der Waals surface area contributed by atoms with E-state index in [0.717, 1.165) is 22.6 Å². The van der Waals surface area contributed by atoms with E-state index in [1.807, 2.05) is 55.4 Å². The molecule has 0 aliphatic rings. The lowest BCUT2D eigenvalue weighted by molar-refractivity contribution is 0.0998. The first-order valence-electron chi connectivity index (χ1n) is 8.96. The third-order valence-electron chi connectivity index (χ3n) is 4.72. The van der Waals surface area contributed by atoms with Gasteiger partial charge in [0.05, 0.1) is 10.2 Å². The fourth-order valence-corrected chi connectivity index (χ4v) is 4.47. The van der Waals surface area contributed by atoms with Crippen molar-refractivity contribution in [2.45, 2.75) is 13.5 Å². The summed E-state index contributed by atoms with van der Waals surface area (Å²) in [6, 6.07) is 20.1. The minimum Gasteiger partial charge on any atom is -0.378 e. The van der Waals surface area contributed by atoms with Crippen molar-refractivity contribution < 1.29 is 4.79 Å². The second-order valence-electron chi connectivity index (χ2n) is 6.62. The van der Waals surface area contributed by atoms with E-state index in [1.54, 1.807) is 11.3 Å². The molecule has 0 aliphatic carbocycles. The van der Waals surface area contributed by atoms with E-state index in [9.17, 15) is 4.79 Å². The third-order valence-corrected chi connectivity index (χ3v) is 5.85.